The smallest absolute Gasteiger partial charge is 0.306 e. The molecule has 1 fully saturated rings. The number of carboxylic acids is 1. The first-order valence-corrected chi connectivity index (χ1v) is 8.89. The molecule has 0 atom stereocenters. The number of anilines is 1. The van der Waals surface area contributed by atoms with Crippen molar-refractivity contribution >= 4 is 39.0 Å². The van der Waals surface area contributed by atoms with E-state index < -0.39 is 5.97 Å². The van der Waals surface area contributed by atoms with Gasteiger partial charge in [0.1, 0.15) is 0 Å². The molecule has 1 aliphatic heterocycles. The second kappa shape index (κ2) is 6.07. The minimum absolute atomic E-state index is 0.234. The summed E-state index contributed by atoms with van der Waals surface area (Å²) in [5.41, 5.74) is 1.86. The lowest BCUT2D eigenvalue weighted by molar-refractivity contribution is -0.142. The van der Waals surface area contributed by atoms with Crippen LogP contribution in [0.15, 0.2) is 30.5 Å². The number of rotatable bonds is 3. The highest BCUT2D eigenvalue weighted by atomic mass is 35.5. The van der Waals surface area contributed by atoms with Crippen molar-refractivity contribution in [2.45, 2.75) is 12.8 Å². The molecule has 2 aromatic heterocycles. The standard InChI is InChI=1S/C16H15ClN4O2S/c17-12-3-1-10(2-4-12)13-9-21-15(18-13)24-16(19-21)20-7-5-11(6-8-20)14(22)23/h1-4,9,11H,5-8H2,(H,22,23). The van der Waals surface area contributed by atoms with Gasteiger partial charge in [-0.25, -0.2) is 9.50 Å². The molecular formula is C16H15ClN4O2S. The lowest BCUT2D eigenvalue weighted by Gasteiger charge is -2.29. The van der Waals surface area contributed by atoms with Gasteiger partial charge in [-0.3, -0.25) is 4.79 Å². The van der Waals surface area contributed by atoms with Crippen molar-refractivity contribution in [3.05, 3.63) is 35.5 Å². The summed E-state index contributed by atoms with van der Waals surface area (Å²) in [6.45, 7) is 1.44. The van der Waals surface area contributed by atoms with E-state index in [9.17, 15) is 4.79 Å². The van der Waals surface area contributed by atoms with Gasteiger partial charge in [-0.05, 0) is 25.0 Å². The summed E-state index contributed by atoms with van der Waals surface area (Å²) >= 11 is 7.44. The highest BCUT2D eigenvalue weighted by Crippen LogP contribution is 2.30. The van der Waals surface area contributed by atoms with Gasteiger partial charge in [-0.2, -0.15) is 0 Å². The Morgan fingerprint density at radius 2 is 1.96 bits per heavy atom. The third-order valence-electron chi connectivity index (χ3n) is 4.29. The predicted octanol–water partition coefficient (Wildman–Crippen LogP) is 3.41. The predicted molar refractivity (Wildman–Crippen MR) is 93.9 cm³/mol. The molecule has 0 aliphatic carbocycles. The third kappa shape index (κ3) is 2.85. The van der Waals surface area contributed by atoms with E-state index in [0.29, 0.717) is 17.9 Å². The number of nitrogens with zero attached hydrogens (tertiary/aromatic N) is 4. The Labute approximate surface area is 147 Å². The summed E-state index contributed by atoms with van der Waals surface area (Å²) in [5, 5.41) is 15.3. The zero-order valence-corrected chi connectivity index (χ0v) is 14.3. The average molecular weight is 363 g/mol. The Morgan fingerprint density at radius 3 is 2.58 bits per heavy atom. The third-order valence-corrected chi connectivity index (χ3v) is 5.52. The molecule has 0 radical (unpaired) electrons. The van der Waals surface area contributed by atoms with Crippen molar-refractivity contribution in [2.75, 3.05) is 18.0 Å². The molecule has 1 aromatic carbocycles. The van der Waals surface area contributed by atoms with Crippen molar-refractivity contribution in [3.63, 3.8) is 0 Å². The Morgan fingerprint density at radius 1 is 1.25 bits per heavy atom. The molecule has 24 heavy (non-hydrogen) atoms. The number of imidazole rings is 1. The zero-order valence-electron chi connectivity index (χ0n) is 12.7. The quantitative estimate of drug-likeness (QED) is 0.773. The van der Waals surface area contributed by atoms with Crippen LogP contribution in [0, 0.1) is 5.92 Å². The van der Waals surface area contributed by atoms with Crippen LogP contribution in [0.1, 0.15) is 12.8 Å². The molecule has 1 aliphatic rings. The van der Waals surface area contributed by atoms with E-state index in [4.69, 9.17) is 16.7 Å². The molecule has 3 aromatic rings. The molecule has 0 bridgehead atoms. The SMILES string of the molecule is O=C(O)C1CCN(c2nn3cc(-c4ccc(Cl)cc4)nc3s2)CC1. The van der Waals surface area contributed by atoms with Crippen molar-refractivity contribution in [2.24, 2.45) is 5.92 Å². The van der Waals surface area contributed by atoms with Crippen LogP contribution in [0.3, 0.4) is 0 Å². The number of fused-ring (bicyclic) bond motifs is 1. The summed E-state index contributed by atoms with van der Waals surface area (Å²) in [5.74, 6) is -0.932. The summed E-state index contributed by atoms with van der Waals surface area (Å²) in [6.07, 6.45) is 3.23. The number of carboxylic acid groups (broad SMARTS) is 1. The number of halogens is 1. The van der Waals surface area contributed by atoms with Crippen LogP contribution in [-0.4, -0.2) is 38.8 Å². The first-order valence-electron chi connectivity index (χ1n) is 7.70. The van der Waals surface area contributed by atoms with E-state index in [1.807, 2.05) is 30.5 Å². The number of benzene rings is 1. The monoisotopic (exact) mass is 362 g/mol. The average Bonchev–Trinajstić information content (AvgIpc) is 3.14. The fourth-order valence-electron chi connectivity index (χ4n) is 2.89. The summed E-state index contributed by atoms with van der Waals surface area (Å²) in [6, 6.07) is 7.56. The van der Waals surface area contributed by atoms with E-state index in [1.165, 1.54) is 11.3 Å². The molecule has 3 heterocycles. The molecule has 0 spiro atoms. The first-order chi connectivity index (χ1) is 11.6. The number of aromatic nitrogens is 3. The Kier molecular flexibility index (Phi) is 3.90. The number of carbonyl (C=O) groups is 1. The maximum absolute atomic E-state index is 11.0. The van der Waals surface area contributed by atoms with Crippen LogP contribution in [-0.2, 0) is 4.79 Å². The van der Waals surface area contributed by atoms with Gasteiger partial charge in [0, 0.05) is 23.7 Å². The number of aliphatic carboxylic acids is 1. The molecule has 0 saturated carbocycles. The summed E-state index contributed by atoms with van der Waals surface area (Å²) in [7, 11) is 0. The molecule has 6 nitrogen and oxygen atoms in total. The van der Waals surface area contributed by atoms with Crippen LogP contribution >= 0.6 is 22.9 Å². The summed E-state index contributed by atoms with van der Waals surface area (Å²) < 4.78 is 1.78. The van der Waals surface area contributed by atoms with E-state index in [1.54, 1.807) is 4.52 Å². The molecule has 8 heteroatoms. The Bertz CT molecular complexity index is 850. The minimum Gasteiger partial charge on any atom is -0.481 e. The van der Waals surface area contributed by atoms with Gasteiger partial charge in [0.2, 0.25) is 10.1 Å². The van der Waals surface area contributed by atoms with E-state index in [-0.39, 0.29) is 5.92 Å². The normalized spacial score (nSPS) is 16.0. The van der Waals surface area contributed by atoms with Crippen LogP contribution in [0.2, 0.25) is 5.02 Å². The maximum Gasteiger partial charge on any atom is 0.306 e. The first kappa shape index (κ1) is 15.4. The molecule has 4 rings (SSSR count). The van der Waals surface area contributed by atoms with Gasteiger partial charge < -0.3 is 10.0 Å². The molecule has 124 valence electrons. The van der Waals surface area contributed by atoms with E-state index in [0.717, 1.165) is 34.4 Å². The van der Waals surface area contributed by atoms with Gasteiger partial charge >= 0.3 is 5.97 Å². The maximum atomic E-state index is 11.0. The van der Waals surface area contributed by atoms with Gasteiger partial charge in [0.05, 0.1) is 17.8 Å². The molecule has 0 unspecified atom stereocenters. The number of hydrogen-bond acceptors (Lipinski definition) is 5. The van der Waals surface area contributed by atoms with Gasteiger partial charge in [0.15, 0.2) is 0 Å². The zero-order chi connectivity index (χ0) is 16.7. The van der Waals surface area contributed by atoms with E-state index >= 15 is 0 Å². The highest BCUT2D eigenvalue weighted by molar-refractivity contribution is 7.20. The number of hydrogen-bond donors (Lipinski definition) is 1. The lowest BCUT2D eigenvalue weighted by Crippen LogP contribution is -2.36. The minimum atomic E-state index is -0.698. The second-order valence-corrected chi connectivity index (χ2v) is 7.22. The van der Waals surface area contributed by atoms with Crippen molar-refractivity contribution < 1.29 is 9.90 Å². The topological polar surface area (TPSA) is 70.7 Å². The van der Waals surface area contributed by atoms with Gasteiger partial charge in [-0.1, -0.05) is 35.1 Å². The molecule has 1 N–H and O–H groups in total. The van der Waals surface area contributed by atoms with Crippen molar-refractivity contribution in [1.29, 1.82) is 0 Å². The lowest BCUT2D eigenvalue weighted by atomic mass is 9.98. The van der Waals surface area contributed by atoms with Crippen molar-refractivity contribution in [3.8, 4) is 11.3 Å². The number of piperidine rings is 1. The summed E-state index contributed by atoms with van der Waals surface area (Å²) in [4.78, 5) is 18.6. The largest absolute Gasteiger partial charge is 0.481 e. The van der Waals surface area contributed by atoms with Gasteiger partial charge in [0.25, 0.3) is 0 Å². The Hall–Kier alpha value is -2.12. The Balaban J connectivity index is 1.54. The molecule has 0 amide bonds. The van der Waals surface area contributed by atoms with Crippen molar-refractivity contribution in [1.82, 2.24) is 14.6 Å². The fourth-order valence-corrected chi connectivity index (χ4v) is 3.96. The van der Waals surface area contributed by atoms with E-state index in [2.05, 4.69) is 15.0 Å². The molecular weight excluding hydrogens is 348 g/mol. The molecule has 1 saturated heterocycles. The van der Waals surface area contributed by atoms with Crippen LogP contribution in [0.4, 0.5) is 5.13 Å². The fraction of sp³-hybridized carbons (Fsp3) is 0.312. The van der Waals surface area contributed by atoms with Crippen LogP contribution in [0.5, 0.6) is 0 Å². The highest BCUT2D eigenvalue weighted by Gasteiger charge is 2.26. The van der Waals surface area contributed by atoms with Crippen LogP contribution in [0.25, 0.3) is 16.2 Å². The van der Waals surface area contributed by atoms with Gasteiger partial charge in [-0.15, -0.1) is 5.10 Å². The van der Waals surface area contributed by atoms with Crippen LogP contribution < -0.4 is 4.90 Å². The second-order valence-electron chi connectivity index (χ2n) is 5.84.